The highest BCUT2D eigenvalue weighted by molar-refractivity contribution is 5.95. The van der Waals surface area contributed by atoms with Crippen LogP contribution in [0.1, 0.15) is 35.6 Å². The largest absolute Gasteiger partial charge is 0.331 e. The number of nitrogens with one attached hydrogen (secondary N) is 1. The first-order valence-electron chi connectivity index (χ1n) is 11.2. The number of aromatic nitrogens is 2. The van der Waals surface area contributed by atoms with E-state index < -0.39 is 0 Å². The van der Waals surface area contributed by atoms with Gasteiger partial charge in [-0.3, -0.25) is 14.3 Å². The van der Waals surface area contributed by atoms with Crippen LogP contribution in [0.2, 0.25) is 0 Å². The minimum absolute atomic E-state index is 0.00408. The Morgan fingerprint density at radius 3 is 2.64 bits per heavy atom. The van der Waals surface area contributed by atoms with Crippen molar-refractivity contribution in [3.8, 4) is 0 Å². The molecule has 1 aliphatic rings. The minimum atomic E-state index is -0.168. The zero-order valence-corrected chi connectivity index (χ0v) is 18.6. The second-order valence-corrected chi connectivity index (χ2v) is 8.44. The molecule has 1 aromatic heterocycles. The molecule has 6 nitrogen and oxygen atoms in total. The van der Waals surface area contributed by atoms with Crippen LogP contribution in [0.5, 0.6) is 0 Å². The molecule has 0 fully saturated rings. The summed E-state index contributed by atoms with van der Waals surface area (Å²) in [6.07, 6.45) is 2.93. The maximum atomic E-state index is 13.3. The van der Waals surface area contributed by atoms with Crippen molar-refractivity contribution in [2.24, 2.45) is 7.05 Å². The van der Waals surface area contributed by atoms with Gasteiger partial charge in [-0.25, -0.2) is 0 Å². The predicted octanol–water partition coefficient (Wildman–Crippen LogP) is 4.47. The molecule has 1 aliphatic heterocycles. The van der Waals surface area contributed by atoms with E-state index in [1.165, 1.54) is 5.56 Å². The fourth-order valence-electron chi connectivity index (χ4n) is 4.64. The smallest absolute Gasteiger partial charge is 0.224 e. The van der Waals surface area contributed by atoms with Crippen LogP contribution in [0.15, 0.2) is 79.0 Å². The molecule has 1 atom stereocenters. The third kappa shape index (κ3) is 4.24. The highest BCUT2D eigenvalue weighted by atomic mass is 16.2. The summed E-state index contributed by atoms with van der Waals surface area (Å²) in [5.74, 6) is -0.172. The number of hydrogen-bond acceptors (Lipinski definition) is 3. The molecule has 0 spiro atoms. The van der Waals surface area contributed by atoms with Gasteiger partial charge in [0.25, 0.3) is 0 Å². The van der Waals surface area contributed by atoms with E-state index in [1.807, 2.05) is 60.5 Å². The van der Waals surface area contributed by atoms with Crippen molar-refractivity contribution in [1.82, 2.24) is 14.7 Å². The number of amides is 2. The number of hydrogen-bond donors (Lipinski definition) is 1. The summed E-state index contributed by atoms with van der Waals surface area (Å²) in [5.41, 5.74) is 5.18. The third-order valence-electron chi connectivity index (χ3n) is 6.32. The van der Waals surface area contributed by atoms with Crippen molar-refractivity contribution in [3.05, 3.63) is 95.7 Å². The first kappa shape index (κ1) is 20.9. The molecule has 5 rings (SSSR count). The second-order valence-electron chi connectivity index (χ2n) is 8.44. The molecular formula is C27H26N4O2. The van der Waals surface area contributed by atoms with Crippen LogP contribution in [-0.2, 0) is 23.1 Å². The van der Waals surface area contributed by atoms with Gasteiger partial charge in [-0.15, -0.1) is 0 Å². The number of aryl methyl sites for hydroxylation is 1. The van der Waals surface area contributed by atoms with Gasteiger partial charge in [0.15, 0.2) is 0 Å². The van der Waals surface area contributed by atoms with Gasteiger partial charge in [0.1, 0.15) is 0 Å². The van der Waals surface area contributed by atoms with Crippen LogP contribution < -0.4 is 5.32 Å². The topological polar surface area (TPSA) is 67.2 Å². The Morgan fingerprint density at radius 2 is 1.79 bits per heavy atom. The van der Waals surface area contributed by atoms with Crippen molar-refractivity contribution in [2.45, 2.75) is 25.3 Å². The molecule has 4 aromatic rings. The predicted molar refractivity (Wildman–Crippen MR) is 129 cm³/mol. The summed E-state index contributed by atoms with van der Waals surface area (Å²) in [4.78, 5) is 27.8. The van der Waals surface area contributed by atoms with E-state index >= 15 is 0 Å². The van der Waals surface area contributed by atoms with Gasteiger partial charge < -0.3 is 10.2 Å². The van der Waals surface area contributed by atoms with Crippen molar-refractivity contribution >= 4 is 28.4 Å². The molecule has 6 heteroatoms. The van der Waals surface area contributed by atoms with E-state index in [0.29, 0.717) is 12.2 Å². The Labute approximate surface area is 192 Å². The molecule has 0 aliphatic carbocycles. The highest BCUT2D eigenvalue weighted by Gasteiger charge is 2.31. The van der Waals surface area contributed by atoms with Gasteiger partial charge in [-0.2, -0.15) is 5.10 Å². The third-order valence-corrected chi connectivity index (χ3v) is 6.32. The highest BCUT2D eigenvalue weighted by Crippen LogP contribution is 2.35. The molecule has 0 bridgehead atoms. The van der Waals surface area contributed by atoms with Crippen molar-refractivity contribution in [3.63, 3.8) is 0 Å². The van der Waals surface area contributed by atoms with Gasteiger partial charge in [0.05, 0.1) is 17.8 Å². The van der Waals surface area contributed by atoms with Crippen molar-refractivity contribution in [1.29, 1.82) is 0 Å². The number of anilines is 1. The van der Waals surface area contributed by atoms with Crippen molar-refractivity contribution in [2.75, 3.05) is 11.9 Å². The summed E-state index contributed by atoms with van der Waals surface area (Å²) < 4.78 is 1.77. The molecule has 0 saturated heterocycles. The molecule has 0 radical (unpaired) electrons. The Balaban J connectivity index is 1.29. The Kier molecular flexibility index (Phi) is 5.65. The summed E-state index contributed by atoms with van der Waals surface area (Å²) >= 11 is 0. The van der Waals surface area contributed by atoms with Gasteiger partial charge in [0.2, 0.25) is 11.8 Å². The van der Waals surface area contributed by atoms with E-state index in [1.54, 1.807) is 10.9 Å². The molecule has 0 saturated carbocycles. The lowest BCUT2D eigenvalue weighted by Crippen LogP contribution is -2.40. The number of carbonyl (C=O) groups is 2. The van der Waals surface area contributed by atoms with Gasteiger partial charge in [0, 0.05) is 37.5 Å². The summed E-state index contributed by atoms with van der Waals surface area (Å²) in [5, 5.41) is 8.16. The first-order valence-corrected chi connectivity index (χ1v) is 11.2. The van der Waals surface area contributed by atoms with Gasteiger partial charge >= 0.3 is 0 Å². The van der Waals surface area contributed by atoms with E-state index in [9.17, 15) is 9.59 Å². The zero-order chi connectivity index (χ0) is 22.8. The molecule has 1 N–H and O–H groups in total. The van der Waals surface area contributed by atoms with Crippen LogP contribution in [0.25, 0.3) is 10.9 Å². The SMILES string of the molecule is Cn1ncc2ccc(NC(=O)CCC(=O)N3CCc4ccccc4[C@@H]3c3ccccc3)cc21. The number of fused-ring (bicyclic) bond motifs is 2. The van der Waals surface area contributed by atoms with E-state index in [-0.39, 0.29) is 30.7 Å². The number of nitrogens with zero attached hydrogens (tertiary/aromatic N) is 3. The Morgan fingerprint density at radius 1 is 1.00 bits per heavy atom. The quantitative estimate of drug-likeness (QED) is 0.500. The van der Waals surface area contributed by atoms with Crippen LogP contribution in [-0.4, -0.2) is 33.0 Å². The lowest BCUT2D eigenvalue weighted by molar-refractivity contribution is -0.134. The number of rotatable bonds is 5. The van der Waals surface area contributed by atoms with Gasteiger partial charge in [-0.05, 0) is 41.3 Å². The average molecular weight is 439 g/mol. The van der Waals surface area contributed by atoms with E-state index in [4.69, 9.17) is 0 Å². The fourth-order valence-corrected chi connectivity index (χ4v) is 4.64. The molecule has 0 unspecified atom stereocenters. The summed E-state index contributed by atoms with van der Waals surface area (Å²) in [6, 6.07) is 24.0. The summed E-state index contributed by atoms with van der Waals surface area (Å²) in [6.45, 7) is 0.647. The molecule has 3 aromatic carbocycles. The van der Waals surface area contributed by atoms with Crippen molar-refractivity contribution < 1.29 is 9.59 Å². The monoisotopic (exact) mass is 438 g/mol. The van der Waals surface area contributed by atoms with E-state index in [2.05, 4.69) is 34.7 Å². The molecule has 2 heterocycles. The van der Waals surface area contributed by atoms with E-state index in [0.717, 1.165) is 28.5 Å². The maximum absolute atomic E-state index is 13.3. The fraction of sp³-hybridized carbons (Fsp3) is 0.222. The van der Waals surface area contributed by atoms with Gasteiger partial charge in [-0.1, -0.05) is 54.6 Å². The lowest BCUT2D eigenvalue weighted by atomic mass is 9.88. The molecule has 166 valence electrons. The standard InChI is InChI=1S/C27H26N4O2/c1-30-24-17-22(12-11-21(24)18-28-30)29-25(32)13-14-26(33)31-16-15-19-7-5-6-10-23(19)27(31)20-8-3-2-4-9-20/h2-12,17-18,27H,13-16H2,1H3,(H,29,32)/t27-/m0/s1. The number of carbonyl (C=O) groups excluding carboxylic acids is 2. The Hall–Kier alpha value is -3.93. The van der Waals surface area contributed by atoms with Crippen LogP contribution in [0.4, 0.5) is 5.69 Å². The average Bonchev–Trinajstić information content (AvgIpc) is 3.22. The zero-order valence-electron chi connectivity index (χ0n) is 18.6. The van der Waals surface area contributed by atoms with Crippen LogP contribution in [0, 0.1) is 0 Å². The lowest BCUT2D eigenvalue weighted by Gasteiger charge is -2.38. The molecule has 33 heavy (non-hydrogen) atoms. The molecule has 2 amide bonds. The normalized spacial score (nSPS) is 15.3. The van der Waals surface area contributed by atoms with Crippen LogP contribution >= 0.6 is 0 Å². The Bertz CT molecular complexity index is 1310. The van der Waals surface area contributed by atoms with Crippen LogP contribution in [0.3, 0.4) is 0 Å². The second kappa shape index (κ2) is 8.90. The minimum Gasteiger partial charge on any atom is -0.331 e. The molecular weight excluding hydrogens is 412 g/mol. The maximum Gasteiger partial charge on any atom is 0.224 e. The number of benzene rings is 3. The summed E-state index contributed by atoms with van der Waals surface area (Å²) in [7, 11) is 1.87. The first-order chi connectivity index (χ1) is 16.1.